The molecule has 1 fully saturated rings. The van der Waals surface area contributed by atoms with E-state index in [9.17, 15) is 4.79 Å². The highest BCUT2D eigenvalue weighted by Crippen LogP contribution is 2.20. The molecule has 0 radical (unpaired) electrons. The van der Waals surface area contributed by atoms with Crippen molar-refractivity contribution in [3.8, 4) is 11.9 Å². The third-order valence-electron chi connectivity index (χ3n) is 3.56. The summed E-state index contributed by atoms with van der Waals surface area (Å²) in [5, 5.41) is 12.8. The van der Waals surface area contributed by atoms with Crippen molar-refractivity contribution >= 4 is 5.91 Å². The molecule has 3 rings (SSSR count). The number of nitriles is 1. The second-order valence-corrected chi connectivity index (χ2v) is 5.28. The smallest absolute Gasteiger partial charge is 0.276 e. The predicted octanol–water partition coefficient (Wildman–Crippen LogP) is 1.33. The van der Waals surface area contributed by atoms with Crippen molar-refractivity contribution in [3.05, 3.63) is 35.6 Å². The number of piperidine rings is 1. The number of hydrogen-bond donors (Lipinski definition) is 0. The van der Waals surface area contributed by atoms with E-state index < -0.39 is 0 Å². The summed E-state index contributed by atoms with van der Waals surface area (Å²) in [6.07, 6.45) is 4.26. The van der Waals surface area contributed by atoms with Crippen LogP contribution in [0.15, 0.2) is 23.0 Å². The molecule has 118 valence electrons. The second-order valence-electron chi connectivity index (χ2n) is 5.28. The predicted molar refractivity (Wildman–Crippen MR) is 77.5 cm³/mol. The summed E-state index contributed by atoms with van der Waals surface area (Å²) in [4.78, 5) is 22.0. The van der Waals surface area contributed by atoms with Gasteiger partial charge in [-0.1, -0.05) is 5.16 Å². The van der Waals surface area contributed by atoms with E-state index in [0.717, 1.165) is 12.8 Å². The van der Waals surface area contributed by atoms with Gasteiger partial charge in [-0.05, 0) is 19.8 Å². The molecule has 8 heteroatoms. The van der Waals surface area contributed by atoms with E-state index in [1.165, 1.54) is 12.4 Å². The fourth-order valence-corrected chi connectivity index (χ4v) is 2.49. The van der Waals surface area contributed by atoms with Gasteiger partial charge in [0, 0.05) is 25.0 Å². The zero-order valence-electron chi connectivity index (χ0n) is 12.6. The van der Waals surface area contributed by atoms with Gasteiger partial charge in [-0.3, -0.25) is 4.79 Å². The maximum Gasteiger partial charge on any atom is 0.276 e. The Morgan fingerprint density at radius 1 is 1.48 bits per heavy atom. The molecule has 1 atom stereocenters. The molecule has 0 bridgehead atoms. The lowest BCUT2D eigenvalue weighted by molar-refractivity contribution is 0.0517. The number of ether oxygens (including phenoxy) is 1. The van der Waals surface area contributed by atoms with Gasteiger partial charge in [0.05, 0.1) is 6.54 Å². The molecule has 23 heavy (non-hydrogen) atoms. The lowest BCUT2D eigenvalue weighted by Crippen LogP contribution is -2.44. The lowest BCUT2D eigenvalue weighted by atomic mass is 10.1. The first kappa shape index (κ1) is 15.0. The van der Waals surface area contributed by atoms with Crippen LogP contribution in [-0.4, -0.2) is 45.1 Å². The molecule has 1 amide bonds. The number of nitrogens with zero attached hydrogens (tertiary/aromatic N) is 5. The molecule has 2 aromatic rings. The van der Waals surface area contributed by atoms with Crippen LogP contribution in [0.1, 0.15) is 34.8 Å². The van der Waals surface area contributed by atoms with E-state index in [1.54, 1.807) is 17.9 Å². The Labute approximate surface area is 132 Å². The van der Waals surface area contributed by atoms with Gasteiger partial charge in [0.1, 0.15) is 17.9 Å². The topological polar surface area (TPSA) is 105 Å². The molecule has 1 aliphatic rings. The Kier molecular flexibility index (Phi) is 4.19. The van der Waals surface area contributed by atoms with Crippen molar-refractivity contribution in [1.82, 2.24) is 20.0 Å². The minimum Gasteiger partial charge on any atom is -0.470 e. The van der Waals surface area contributed by atoms with Crippen LogP contribution in [-0.2, 0) is 0 Å². The van der Waals surface area contributed by atoms with Crippen LogP contribution in [0.5, 0.6) is 5.88 Å². The quantitative estimate of drug-likeness (QED) is 0.841. The highest BCUT2D eigenvalue weighted by molar-refractivity contribution is 5.92. The SMILES string of the molecule is Cc1cc(C(=O)N2CCCC(Oc3nccnc3C#N)C2)no1. The molecule has 0 saturated carbocycles. The lowest BCUT2D eigenvalue weighted by Gasteiger charge is -2.32. The van der Waals surface area contributed by atoms with Crippen LogP contribution < -0.4 is 4.74 Å². The fraction of sp³-hybridized carbons (Fsp3) is 0.400. The minimum absolute atomic E-state index is 0.142. The van der Waals surface area contributed by atoms with Crippen molar-refractivity contribution in [3.63, 3.8) is 0 Å². The highest BCUT2D eigenvalue weighted by Gasteiger charge is 2.28. The first-order chi connectivity index (χ1) is 11.2. The van der Waals surface area contributed by atoms with E-state index in [0.29, 0.717) is 24.5 Å². The Bertz CT molecular complexity index is 752. The Hall–Kier alpha value is -2.95. The molecule has 8 nitrogen and oxygen atoms in total. The molecular formula is C15H15N5O3. The third-order valence-corrected chi connectivity index (χ3v) is 3.56. The molecule has 0 aliphatic carbocycles. The van der Waals surface area contributed by atoms with Crippen LogP contribution in [0.4, 0.5) is 0 Å². The average Bonchev–Trinajstić information content (AvgIpc) is 3.01. The zero-order chi connectivity index (χ0) is 16.2. The number of likely N-dealkylation sites (tertiary alicyclic amines) is 1. The molecule has 0 N–H and O–H groups in total. The maximum atomic E-state index is 12.4. The van der Waals surface area contributed by atoms with Crippen LogP contribution >= 0.6 is 0 Å². The monoisotopic (exact) mass is 313 g/mol. The molecule has 1 unspecified atom stereocenters. The summed E-state index contributed by atoms with van der Waals surface area (Å²) in [6, 6.07) is 3.56. The molecule has 1 saturated heterocycles. The fourth-order valence-electron chi connectivity index (χ4n) is 2.49. The summed E-state index contributed by atoms with van der Waals surface area (Å²) < 4.78 is 10.7. The number of rotatable bonds is 3. The second kappa shape index (κ2) is 6.44. The summed E-state index contributed by atoms with van der Waals surface area (Å²) in [5.41, 5.74) is 0.434. The van der Waals surface area contributed by atoms with Gasteiger partial charge in [0.15, 0.2) is 5.69 Å². The van der Waals surface area contributed by atoms with Gasteiger partial charge in [-0.2, -0.15) is 5.26 Å². The maximum absolute atomic E-state index is 12.4. The van der Waals surface area contributed by atoms with Crippen LogP contribution in [0.2, 0.25) is 0 Å². The Morgan fingerprint density at radius 2 is 2.30 bits per heavy atom. The van der Waals surface area contributed by atoms with Crippen LogP contribution in [0.25, 0.3) is 0 Å². The number of amides is 1. The summed E-state index contributed by atoms with van der Waals surface area (Å²) in [5.74, 6) is 0.609. The third kappa shape index (κ3) is 3.29. The molecule has 1 aliphatic heterocycles. The molecular weight excluding hydrogens is 298 g/mol. The van der Waals surface area contributed by atoms with E-state index in [1.807, 2.05) is 6.07 Å². The number of carbonyl (C=O) groups is 1. The summed E-state index contributed by atoms with van der Waals surface area (Å²) in [7, 11) is 0. The van der Waals surface area contributed by atoms with E-state index in [2.05, 4.69) is 15.1 Å². The minimum atomic E-state index is -0.232. The number of hydrogen-bond acceptors (Lipinski definition) is 7. The standard InChI is InChI=1S/C15H15N5O3/c1-10-7-12(19-23-10)15(21)20-6-2-3-11(9-20)22-14-13(8-16)17-4-5-18-14/h4-5,7,11H,2-3,6,9H2,1H3. The normalized spacial score (nSPS) is 17.6. The van der Waals surface area contributed by atoms with Gasteiger partial charge in [-0.25, -0.2) is 9.97 Å². The Morgan fingerprint density at radius 3 is 3.04 bits per heavy atom. The number of carbonyl (C=O) groups excluding carboxylic acids is 1. The van der Waals surface area contributed by atoms with Crippen LogP contribution in [0, 0.1) is 18.3 Å². The highest BCUT2D eigenvalue weighted by atomic mass is 16.5. The van der Waals surface area contributed by atoms with Crippen molar-refractivity contribution in [2.45, 2.75) is 25.9 Å². The van der Waals surface area contributed by atoms with E-state index >= 15 is 0 Å². The van der Waals surface area contributed by atoms with Crippen molar-refractivity contribution in [2.75, 3.05) is 13.1 Å². The van der Waals surface area contributed by atoms with Gasteiger partial charge < -0.3 is 14.2 Å². The van der Waals surface area contributed by atoms with E-state index in [4.69, 9.17) is 14.5 Å². The van der Waals surface area contributed by atoms with Gasteiger partial charge in [-0.15, -0.1) is 0 Å². The van der Waals surface area contributed by atoms with Gasteiger partial charge in [0.25, 0.3) is 11.8 Å². The molecule has 0 spiro atoms. The van der Waals surface area contributed by atoms with Crippen molar-refractivity contribution in [1.29, 1.82) is 5.26 Å². The van der Waals surface area contributed by atoms with Gasteiger partial charge >= 0.3 is 0 Å². The van der Waals surface area contributed by atoms with Crippen LogP contribution in [0.3, 0.4) is 0 Å². The first-order valence-electron chi connectivity index (χ1n) is 7.27. The zero-order valence-corrected chi connectivity index (χ0v) is 12.6. The Balaban J connectivity index is 1.69. The van der Waals surface area contributed by atoms with Crippen molar-refractivity contribution in [2.24, 2.45) is 0 Å². The van der Waals surface area contributed by atoms with Crippen molar-refractivity contribution < 1.29 is 14.1 Å². The van der Waals surface area contributed by atoms with E-state index in [-0.39, 0.29) is 23.6 Å². The summed E-state index contributed by atoms with van der Waals surface area (Å²) >= 11 is 0. The molecule has 2 aromatic heterocycles. The summed E-state index contributed by atoms with van der Waals surface area (Å²) in [6.45, 7) is 2.78. The number of aromatic nitrogens is 3. The molecule has 0 aromatic carbocycles. The largest absolute Gasteiger partial charge is 0.470 e. The first-order valence-corrected chi connectivity index (χ1v) is 7.27. The van der Waals surface area contributed by atoms with Gasteiger partial charge in [0.2, 0.25) is 5.69 Å². The number of aryl methyl sites for hydroxylation is 1. The average molecular weight is 313 g/mol. The molecule has 3 heterocycles.